The summed E-state index contributed by atoms with van der Waals surface area (Å²) in [6.07, 6.45) is 1.75. The molecule has 2 amide bonds. The molecule has 1 atom stereocenters. The van der Waals surface area contributed by atoms with Crippen molar-refractivity contribution in [2.45, 2.75) is 13.3 Å². The smallest absolute Gasteiger partial charge is 0.229 e. The lowest BCUT2D eigenvalue weighted by molar-refractivity contribution is -0.122. The molecule has 3 aromatic rings. The van der Waals surface area contributed by atoms with Crippen molar-refractivity contribution in [2.24, 2.45) is 13.0 Å². The quantitative estimate of drug-likeness (QED) is 0.754. The number of hydrogen-bond donors (Lipinski definition) is 1. The molecule has 1 saturated heterocycles. The van der Waals surface area contributed by atoms with E-state index in [1.54, 1.807) is 34.0 Å². The Kier molecular flexibility index (Phi) is 4.31. The van der Waals surface area contributed by atoms with E-state index >= 15 is 0 Å². The molecule has 0 saturated carbocycles. The van der Waals surface area contributed by atoms with Crippen LogP contribution in [-0.2, 0) is 16.6 Å². The van der Waals surface area contributed by atoms with Crippen LogP contribution in [0.1, 0.15) is 12.1 Å². The van der Waals surface area contributed by atoms with Crippen LogP contribution in [0.5, 0.6) is 0 Å². The van der Waals surface area contributed by atoms with Crippen LogP contribution in [-0.4, -0.2) is 33.1 Å². The third kappa shape index (κ3) is 3.14. The third-order valence-electron chi connectivity index (χ3n) is 4.77. The van der Waals surface area contributed by atoms with Crippen LogP contribution in [0.25, 0.3) is 11.0 Å². The molecule has 7 nitrogen and oxygen atoms in total. The summed E-state index contributed by atoms with van der Waals surface area (Å²) >= 11 is 6.19. The molecule has 1 aliphatic rings. The van der Waals surface area contributed by atoms with Gasteiger partial charge in [0.1, 0.15) is 0 Å². The normalized spacial score (nSPS) is 16.9. The first kappa shape index (κ1) is 17.5. The molecule has 0 bridgehead atoms. The van der Waals surface area contributed by atoms with Crippen molar-refractivity contribution in [3.63, 3.8) is 0 Å². The van der Waals surface area contributed by atoms with Gasteiger partial charge in [-0.1, -0.05) is 23.7 Å². The number of fused-ring (bicyclic) bond motifs is 1. The summed E-state index contributed by atoms with van der Waals surface area (Å²) in [6.45, 7) is 2.20. The Morgan fingerprint density at radius 1 is 1.33 bits per heavy atom. The van der Waals surface area contributed by atoms with Gasteiger partial charge in [0.05, 0.1) is 34.2 Å². The first-order valence-electron chi connectivity index (χ1n) is 8.59. The highest BCUT2D eigenvalue weighted by molar-refractivity contribution is 6.33. The van der Waals surface area contributed by atoms with E-state index in [2.05, 4.69) is 15.4 Å². The number of para-hydroxylation sites is 1. The Balaban J connectivity index is 1.51. The number of hydrogen-bond acceptors (Lipinski definition) is 4. The summed E-state index contributed by atoms with van der Waals surface area (Å²) in [7, 11) is 1.83. The summed E-state index contributed by atoms with van der Waals surface area (Å²) in [6, 6.07) is 8.99. The lowest BCUT2D eigenvalue weighted by Crippen LogP contribution is -2.28. The Hall–Kier alpha value is -2.93. The van der Waals surface area contributed by atoms with E-state index in [1.807, 2.05) is 26.1 Å². The predicted octanol–water partition coefficient (Wildman–Crippen LogP) is 2.92. The highest BCUT2D eigenvalue weighted by Gasteiger charge is 2.36. The van der Waals surface area contributed by atoms with Crippen LogP contribution < -0.4 is 10.2 Å². The zero-order chi connectivity index (χ0) is 19.1. The number of nitrogens with zero attached hydrogens (tertiary/aromatic N) is 4. The summed E-state index contributed by atoms with van der Waals surface area (Å²) in [4.78, 5) is 31.0. The van der Waals surface area contributed by atoms with E-state index in [9.17, 15) is 9.59 Å². The maximum atomic E-state index is 12.7. The summed E-state index contributed by atoms with van der Waals surface area (Å²) in [5, 5.41) is 8.58. The second-order valence-electron chi connectivity index (χ2n) is 6.65. The molecule has 1 aromatic carbocycles. The highest BCUT2D eigenvalue weighted by Crippen LogP contribution is 2.31. The Morgan fingerprint density at radius 2 is 2.11 bits per heavy atom. The van der Waals surface area contributed by atoms with Crippen LogP contribution in [0, 0.1) is 12.8 Å². The van der Waals surface area contributed by atoms with Gasteiger partial charge in [-0.2, -0.15) is 5.10 Å². The van der Waals surface area contributed by atoms with Gasteiger partial charge in [-0.15, -0.1) is 0 Å². The van der Waals surface area contributed by atoms with Crippen molar-refractivity contribution in [1.82, 2.24) is 14.8 Å². The van der Waals surface area contributed by atoms with E-state index < -0.39 is 5.92 Å². The molecule has 0 radical (unpaired) electrons. The minimum absolute atomic E-state index is 0.111. The molecule has 8 heteroatoms. The number of halogens is 1. The average molecular weight is 384 g/mol. The molecule has 4 rings (SSSR count). The van der Waals surface area contributed by atoms with E-state index in [-0.39, 0.29) is 18.2 Å². The lowest BCUT2D eigenvalue weighted by atomic mass is 10.1. The molecule has 2 aromatic heterocycles. The first-order chi connectivity index (χ1) is 12.9. The van der Waals surface area contributed by atoms with Crippen molar-refractivity contribution in [2.75, 3.05) is 16.8 Å². The number of aromatic nitrogens is 3. The maximum Gasteiger partial charge on any atom is 0.229 e. The van der Waals surface area contributed by atoms with Crippen molar-refractivity contribution in [3.8, 4) is 0 Å². The van der Waals surface area contributed by atoms with Gasteiger partial charge in [-0.05, 0) is 25.1 Å². The van der Waals surface area contributed by atoms with Crippen molar-refractivity contribution < 1.29 is 9.59 Å². The van der Waals surface area contributed by atoms with Gasteiger partial charge >= 0.3 is 0 Å². The number of carbonyl (C=O) groups is 2. The van der Waals surface area contributed by atoms with Crippen molar-refractivity contribution in [3.05, 3.63) is 47.2 Å². The van der Waals surface area contributed by atoms with E-state index in [4.69, 9.17) is 11.6 Å². The number of nitrogens with one attached hydrogen (secondary N) is 1. The Labute approximate surface area is 160 Å². The SMILES string of the molecule is Cc1nn(C)c2ncc(NC(=O)C3CC(=O)N(c4ccccc4Cl)C3)cc12. The molecular formula is C19H18ClN5O2. The zero-order valence-electron chi connectivity index (χ0n) is 14.9. The van der Waals surface area contributed by atoms with E-state index in [0.29, 0.717) is 22.9 Å². The Morgan fingerprint density at radius 3 is 2.89 bits per heavy atom. The van der Waals surface area contributed by atoms with Crippen molar-refractivity contribution >= 4 is 45.8 Å². The second kappa shape index (κ2) is 6.66. The number of anilines is 2. The maximum absolute atomic E-state index is 12.7. The number of carbonyl (C=O) groups excluding carboxylic acids is 2. The molecule has 0 spiro atoms. The molecule has 1 aliphatic heterocycles. The minimum Gasteiger partial charge on any atom is -0.324 e. The number of pyridine rings is 1. The fraction of sp³-hybridized carbons (Fsp3) is 0.263. The van der Waals surface area contributed by atoms with Crippen LogP contribution in [0.2, 0.25) is 5.02 Å². The largest absolute Gasteiger partial charge is 0.324 e. The fourth-order valence-corrected chi connectivity index (χ4v) is 3.64. The third-order valence-corrected chi connectivity index (χ3v) is 5.09. The minimum atomic E-state index is -0.445. The molecular weight excluding hydrogens is 366 g/mol. The second-order valence-corrected chi connectivity index (χ2v) is 7.06. The van der Waals surface area contributed by atoms with Crippen LogP contribution in [0.4, 0.5) is 11.4 Å². The number of benzene rings is 1. The summed E-state index contributed by atoms with van der Waals surface area (Å²) in [5.74, 6) is -0.764. The van der Waals surface area contributed by atoms with Gasteiger partial charge in [-0.3, -0.25) is 14.3 Å². The highest BCUT2D eigenvalue weighted by atomic mass is 35.5. The van der Waals surface area contributed by atoms with Crippen LogP contribution in [0.3, 0.4) is 0 Å². The molecule has 0 aliphatic carbocycles. The van der Waals surface area contributed by atoms with Gasteiger partial charge in [0.15, 0.2) is 5.65 Å². The predicted molar refractivity (Wildman–Crippen MR) is 104 cm³/mol. The van der Waals surface area contributed by atoms with Crippen LogP contribution >= 0.6 is 11.6 Å². The monoisotopic (exact) mass is 383 g/mol. The van der Waals surface area contributed by atoms with Gasteiger partial charge in [0.25, 0.3) is 0 Å². The molecule has 138 valence electrons. The topological polar surface area (TPSA) is 80.1 Å². The molecule has 1 N–H and O–H groups in total. The number of rotatable bonds is 3. The van der Waals surface area contributed by atoms with E-state index in [1.165, 1.54) is 0 Å². The summed E-state index contributed by atoms with van der Waals surface area (Å²) in [5.41, 5.74) is 2.82. The van der Waals surface area contributed by atoms with Crippen molar-refractivity contribution in [1.29, 1.82) is 0 Å². The van der Waals surface area contributed by atoms with Crippen LogP contribution in [0.15, 0.2) is 36.5 Å². The first-order valence-corrected chi connectivity index (χ1v) is 8.97. The molecule has 3 heterocycles. The lowest BCUT2D eigenvalue weighted by Gasteiger charge is -2.18. The van der Waals surface area contributed by atoms with Gasteiger partial charge < -0.3 is 10.2 Å². The fourth-order valence-electron chi connectivity index (χ4n) is 3.41. The number of aryl methyl sites for hydroxylation is 2. The zero-order valence-corrected chi connectivity index (χ0v) is 15.7. The Bertz CT molecular complexity index is 1060. The molecule has 1 unspecified atom stereocenters. The standard InChI is InChI=1S/C19H18ClN5O2/c1-11-14-8-13(9-21-18(14)24(2)23-11)22-19(27)12-7-17(26)25(10-12)16-6-4-3-5-15(16)20/h3-6,8-9,12H,7,10H2,1-2H3,(H,22,27). The summed E-state index contributed by atoms with van der Waals surface area (Å²) < 4.78 is 1.70. The van der Waals surface area contributed by atoms with E-state index in [0.717, 1.165) is 16.7 Å². The van der Waals surface area contributed by atoms with Gasteiger partial charge in [-0.25, -0.2) is 4.98 Å². The average Bonchev–Trinajstić information content (AvgIpc) is 3.16. The number of amides is 2. The van der Waals surface area contributed by atoms with Gasteiger partial charge in [0, 0.05) is 25.4 Å². The van der Waals surface area contributed by atoms with Gasteiger partial charge in [0.2, 0.25) is 11.8 Å². The molecule has 1 fully saturated rings. The molecule has 27 heavy (non-hydrogen) atoms.